The minimum atomic E-state index is -0.167. The van der Waals surface area contributed by atoms with E-state index in [0.717, 1.165) is 28.6 Å². The molecular formula is C14H16ClN3OS. The third-order valence-electron chi connectivity index (χ3n) is 3.66. The average molecular weight is 310 g/mol. The van der Waals surface area contributed by atoms with Crippen LogP contribution in [0.1, 0.15) is 31.2 Å². The van der Waals surface area contributed by atoms with Crippen LogP contribution in [0.5, 0.6) is 0 Å². The van der Waals surface area contributed by atoms with Gasteiger partial charge < -0.3 is 5.32 Å². The fraction of sp³-hybridized carbons (Fsp3) is 0.429. The number of anilines is 1. The molecule has 0 saturated heterocycles. The van der Waals surface area contributed by atoms with Gasteiger partial charge in [-0.1, -0.05) is 35.8 Å². The minimum Gasteiger partial charge on any atom is -0.335 e. The molecule has 0 radical (unpaired) electrons. The molecule has 2 aromatic rings. The van der Waals surface area contributed by atoms with E-state index in [1.54, 1.807) is 0 Å². The summed E-state index contributed by atoms with van der Waals surface area (Å²) >= 11 is 7.55. The molecule has 20 heavy (non-hydrogen) atoms. The summed E-state index contributed by atoms with van der Waals surface area (Å²) < 4.78 is 1.03. The molecule has 1 aromatic heterocycles. The van der Waals surface area contributed by atoms with Gasteiger partial charge in [-0.15, -0.1) is 0 Å². The summed E-state index contributed by atoms with van der Waals surface area (Å²) in [7, 11) is 0. The summed E-state index contributed by atoms with van der Waals surface area (Å²) in [6.45, 7) is 1.94. The number of thiazole rings is 1. The van der Waals surface area contributed by atoms with Crippen molar-refractivity contribution in [1.82, 2.24) is 10.3 Å². The van der Waals surface area contributed by atoms with Crippen LogP contribution < -0.4 is 10.6 Å². The van der Waals surface area contributed by atoms with Gasteiger partial charge in [0, 0.05) is 11.1 Å². The van der Waals surface area contributed by atoms with E-state index >= 15 is 0 Å². The van der Waals surface area contributed by atoms with Gasteiger partial charge in [-0.05, 0) is 37.5 Å². The Labute approximate surface area is 126 Å². The number of fused-ring (bicyclic) bond motifs is 1. The number of nitrogens with zero attached hydrogens (tertiary/aromatic N) is 1. The first-order valence-electron chi connectivity index (χ1n) is 6.76. The zero-order valence-corrected chi connectivity index (χ0v) is 12.8. The molecule has 3 rings (SSSR count). The minimum absolute atomic E-state index is 0.167. The molecule has 0 unspecified atom stereocenters. The summed E-state index contributed by atoms with van der Waals surface area (Å²) in [6.07, 6.45) is 4.54. The highest BCUT2D eigenvalue weighted by molar-refractivity contribution is 7.22. The highest BCUT2D eigenvalue weighted by atomic mass is 35.5. The Morgan fingerprint density at radius 1 is 1.40 bits per heavy atom. The number of carbonyl (C=O) groups excluding carboxylic acids is 1. The first-order valence-corrected chi connectivity index (χ1v) is 7.96. The molecule has 106 valence electrons. The fourth-order valence-corrected chi connectivity index (χ4v) is 3.62. The molecule has 0 spiro atoms. The van der Waals surface area contributed by atoms with E-state index < -0.39 is 0 Å². The molecule has 1 fully saturated rings. The first-order chi connectivity index (χ1) is 9.63. The van der Waals surface area contributed by atoms with Crippen molar-refractivity contribution in [2.45, 2.75) is 38.6 Å². The van der Waals surface area contributed by atoms with Crippen LogP contribution in [0.25, 0.3) is 10.2 Å². The normalized spacial score (nSPS) is 15.7. The lowest BCUT2D eigenvalue weighted by molar-refractivity contribution is 0.248. The van der Waals surface area contributed by atoms with E-state index in [1.165, 1.54) is 24.2 Å². The second-order valence-electron chi connectivity index (χ2n) is 5.12. The molecule has 1 aliphatic rings. The first kappa shape index (κ1) is 13.6. The average Bonchev–Trinajstić information content (AvgIpc) is 3.03. The molecule has 1 aliphatic carbocycles. The Morgan fingerprint density at radius 2 is 2.15 bits per heavy atom. The molecule has 2 amide bonds. The predicted molar refractivity (Wildman–Crippen MR) is 83.8 cm³/mol. The number of urea groups is 1. The number of carbonyl (C=O) groups is 1. The van der Waals surface area contributed by atoms with Crippen molar-refractivity contribution in [3.63, 3.8) is 0 Å². The zero-order valence-electron chi connectivity index (χ0n) is 11.2. The van der Waals surface area contributed by atoms with Gasteiger partial charge in [-0.25, -0.2) is 9.78 Å². The molecule has 4 nitrogen and oxygen atoms in total. The quantitative estimate of drug-likeness (QED) is 0.868. The van der Waals surface area contributed by atoms with Gasteiger partial charge in [0.05, 0.1) is 10.2 Å². The standard InChI is InChI=1S/C14H16ClN3OS/c1-8-10(15)6-7-11-12(8)17-14(20-11)18-13(19)16-9-4-2-3-5-9/h6-7,9H,2-5H2,1H3,(H2,16,17,18,19). The van der Waals surface area contributed by atoms with Crippen LogP contribution in [-0.4, -0.2) is 17.1 Å². The number of nitrogens with one attached hydrogen (secondary N) is 2. The largest absolute Gasteiger partial charge is 0.335 e. The smallest absolute Gasteiger partial charge is 0.321 e. The van der Waals surface area contributed by atoms with Gasteiger partial charge in [0.2, 0.25) is 0 Å². The van der Waals surface area contributed by atoms with E-state index in [4.69, 9.17) is 11.6 Å². The lowest BCUT2D eigenvalue weighted by atomic mass is 10.2. The summed E-state index contributed by atoms with van der Waals surface area (Å²) in [5.74, 6) is 0. The Kier molecular flexibility index (Phi) is 3.81. The molecule has 1 saturated carbocycles. The number of hydrogen-bond donors (Lipinski definition) is 2. The van der Waals surface area contributed by atoms with Gasteiger partial charge in [-0.2, -0.15) is 0 Å². The van der Waals surface area contributed by atoms with Crippen molar-refractivity contribution in [3.05, 3.63) is 22.7 Å². The second-order valence-corrected chi connectivity index (χ2v) is 6.56. The maximum Gasteiger partial charge on any atom is 0.321 e. The Hall–Kier alpha value is -1.33. The third kappa shape index (κ3) is 2.74. The number of aryl methyl sites for hydroxylation is 1. The summed E-state index contributed by atoms with van der Waals surface area (Å²) in [4.78, 5) is 16.4. The van der Waals surface area contributed by atoms with Crippen molar-refractivity contribution in [2.75, 3.05) is 5.32 Å². The van der Waals surface area contributed by atoms with E-state index in [2.05, 4.69) is 15.6 Å². The number of amides is 2. The molecule has 1 heterocycles. The lowest BCUT2D eigenvalue weighted by Crippen LogP contribution is -2.36. The van der Waals surface area contributed by atoms with Gasteiger partial charge in [0.15, 0.2) is 5.13 Å². The number of halogens is 1. The maximum atomic E-state index is 11.9. The van der Waals surface area contributed by atoms with Crippen LogP contribution in [0.15, 0.2) is 12.1 Å². The van der Waals surface area contributed by atoms with Crippen molar-refractivity contribution in [2.24, 2.45) is 0 Å². The third-order valence-corrected chi connectivity index (χ3v) is 5.00. The Morgan fingerprint density at radius 3 is 2.90 bits per heavy atom. The van der Waals surface area contributed by atoms with E-state index in [0.29, 0.717) is 16.2 Å². The molecule has 1 aromatic carbocycles. The van der Waals surface area contributed by atoms with Crippen LogP contribution >= 0.6 is 22.9 Å². The van der Waals surface area contributed by atoms with E-state index in [1.807, 2.05) is 19.1 Å². The van der Waals surface area contributed by atoms with Gasteiger partial charge >= 0.3 is 6.03 Å². The number of benzene rings is 1. The summed E-state index contributed by atoms with van der Waals surface area (Å²) in [6, 6.07) is 3.93. The van der Waals surface area contributed by atoms with Crippen molar-refractivity contribution in [1.29, 1.82) is 0 Å². The van der Waals surface area contributed by atoms with Crippen molar-refractivity contribution >= 4 is 44.3 Å². The van der Waals surface area contributed by atoms with Gasteiger partial charge in [-0.3, -0.25) is 5.32 Å². The van der Waals surface area contributed by atoms with Gasteiger partial charge in [0.1, 0.15) is 0 Å². The van der Waals surface area contributed by atoms with Crippen LogP contribution in [0.2, 0.25) is 5.02 Å². The second kappa shape index (κ2) is 5.58. The van der Waals surface area contributed by atoms with E-state index in [-0.39, 0.29) is 6.03 Å². The van der Waals surface area contributed by atoms with E-state index in [9.17, 15) is 4.79 Å². The Balaban J connectivity index is 1.74. The maximum absolute atomic E-state index is 11.9. The summed E-state index contributed by atoms with van der Waals surface area (Å²) in [5, 5.41) is 7.12. The fourth-order valence-electron chi connectivity index (χ4n) is 2.54. The van der Waals surface area contributed by atoms with Crippen LogP contribution in [-0.2, 0) is 0 Å². The SMILES string of the molecule is Cc1c(Cl)ccc2sc(NC(=O)NC3CCCC3)nc12. The highest BCUT2D eigenvalue weighted by Gasteiger charge is 2.18. The van der Waals surface area contributed by atoms with Crippen LogP contribution in [0.3, 0.4) is 0 Å². The molecule has 2 N–H and O–H groups in total. The van der Waals surface area contributed by atoms with Crippen molar-refractivity contribution in [3.8, 4) is 0 Å². The molecule has 0 atom stereocenters. The number of rotatable bonds is 2. The monoisotopic (exact) mass is 309 g/mol. The lowest BCUT2D eigenvalue weighted by Gasteiger charge is -2.11. The molecule has 0 aliphatic heterocycles. The predicted octanol–water partition coefficient (Wildman–Crippen LogP) is 4.32. The van der Waals surface area contributed by atoms with Crippen molar-refractivity contribution < 1.29 is 4.79 Å². The Bertz CT molecular complexity index is 649. The molecular weight excluding hydrogens is 294 g/mol. The number of aromatic nitrogens is 1. The van der Waals surface area contributed by atoms with Gasteiger partial charge in [0.25, 0.3) is 0 Å². The summed E-state index contributed by atoms with van der Waals surface area (Å²) in [5.41, 5.74) is 1.81. The van der Waals surface area contributed by atoms with Crippen LogP contribution in [0, 0.1) is 6.92 Å². The topological polar surface area (TPSA) is 54.0 Å². The zero-order chi connectivity index (χ0) is 14.1. The molecule has 0 bridgehead atoms. The van der Waals surface area contributed by atoms with Crippen LogP contribution in [0.4, 0.5) is 9.93 Å². The highest BCUT2D eigenvalue weighted by Crippen LogP contribution is 2.31. The number of hydrogen-bond acceptors (Lipinski definition) is 3. The molecule has 6 heteroatoms.